The molecular formula is C24H25N3O. The maximum atomic E-state index is 5.59. The van der Waals surface area contributed by atoms with E-state index in [-0.39, 0.29) is 0 Å². The van der Waals surface area contributed by atoms with Gasteiger partial charge in [-0.2, -0.15) is 0 Å². The number of hydrogen-bond acceptors (Lipinski definition) is 3. The van der Waals surface area contributed by atoms with Gasteiger partial charge in [0.15, 0.2) is 0 Å². The lowest BCUT2D eigenvalue weighted by atomic mass is 10.1. The van der Waals surface area contributed by atoms with E-state index in [0.29, 0.717) is 6.61 Å². The van der Waals surface area contributed by atoms with Crippen LogP contribution in [-0.4, -0.2) is 16.0 Å². The van der Waals surface area contributed by atoms with Crippen molar-refractivity contribution in [1.29, 1.82) is 0 Å². The molecule has 2 aromatic heterocycles. The van der Waals surface area contributed by atoms with Crippen molar-refractivity contribution in [3.8, 4) is 17.0 Å². The Balaban J connectivity index is 1.87. The SMILES string of the molecule is CCOc1ccc(-c2nc3ccc(C)cn3c2Nc2c(C)cccc2C)cc1. The van der Waals surface area contributed by atoms with Crippen LogP contribution in [0.2, 0.25) is 0 Å². The van der Waals surface area contributed by atoms with Crippen molar-refractivity contribution >= 4 is 17.2 Å². The minimum Gasteiger partial charge on any atom is -0.494 e. The summed E-state index contributed by atoms with van der Waals surface area (Å²) in [6.07, 6.45) is 2.12. The lowest BCUT2D eigenvalue weighted by molar-refractivity contribution is 0.340. The number of ether oxygens (including phenoxy) is 1. The van der Waals surface area contributed by atoms with Crippen molar-refractivity contribution in [2.75, 3.05) is 11.9 Å². The van der Waals surface area contributed by atoms with Crippen LogP contribution in [0.1, 0.15) is 23.6 Å². The molecule has 4 aromatic rings. The van der Waals surface area contributed by atoms with Gasteiger partial charge in [-0.1, -0.05) is 24.3 Å². The van der Waals surface area contributed by atoms with E-state index < -0.39 is 0 Å². The Kier molecular flexibility index (Phi) is 4.78. The topological polar surface area (TPSA) is 38.6 Å². The predicted octanol–water partition coefficient (Wildman–Crippen LogP) is 6.07. The number of aryl methyl sites for hydroxylation is 3. The van der Waals surface area contributed by atoms with Gasteiger partial charge in [-0.3, -0.25) is 4.40 Å². The second-order valence-electron chi connectivity index (χ2n) is 7.09. The Bertz CT molecular complexity index is 1110. The molecule has 4 rings (SSSR count). The molecule has 0 radical (unpaired) electrons. The fourth-order valence-electron chi connectivity index (χ4n) is 3.48. The van der Waals surface area contributed by atoms with Gasteiger partial charge < -0.3 is 10.1 Å². The summed E-state index contributed by atoms with van der Waals surface area (Å²) in [7, 11) is 0. The summed E-state index contributed by atoms with van der Waals surface area (Å²) in [5, 5.41) is 3.67. The van der Waals surface area contributed by atoms with E-state index >= 15 is 0 Å². The summed E-state index contributed by atoms with van der Waals surface area (Å²) in [4.78, 5) is 4.91. The van der Waals surface area contributed by atoms with Crippen molar-refractivity contribution in [1.82, 2.24) is 9.38 Å². The summed E-state index contributed by atoms with van der Waals surface area (Å²) in [6.45, 7) is 9.00. The highest BCUT2D eigenvalue weighted by Crippen LogP contribution is 2.34. The first-order valence-electron chi connectivity index (χ1n) is 9.62. The average Bonchev–Trinajstić information content (AvgIpc) is 3.03. The van der Waals surface area contributed by atoms with Crippen LogP contribution in [0.5, 0.6) is 5.75 Å². The molecule has 0 saturated heterocycles. The number of anilines is 2. The van der Waals surface area contributed by atoms with Crippen molar-refractivity contribution in [3.05, 3.63) is 77.5 Å². The van der Waals surface area contributed by atoms with Crippen LogP contribution in [0.15, 0.2) is 60.8 Å². The lowest BCUT2D eigenvalue weighted by Crippen LogP contribution is -2.01. The van der Waals surface area contributed by atoms with Gasteiger partial charge in [0.25, 0.3) is 0 Å². The van der Waals surface area contributed by atoms with Gasteiger partial charge in [0.05, 0.1) is 6.61 Å². The number of rotatable bonds is 5. The second-order valence-corrected chi connectivity index (χ2v) is 7.09. The number of para-hydroxylation sites is 1. The number of imidazole rings is 1. The van der Waals surface area contributed by atoms with Crippen molar-refractivity contribution < 1.29 is 4.74 Å². The van der Waals surface area contributed by atoms with Gasteiger partial charge in [-0.25, -0.2) is 4.98 Å². The van der Waals surface area contributed by atoms with Crippen molar-refractivity contribution in [3.63, 3.8) is 0 Å². The second kappa shape index (κ2) is 7.39. The van der Waals surface area contributed by atoms with Crippen LogP contribution in [0.25, 0.3) is 16.9 Å². The third-order valence-corrected chi connectivity index (χ3v) is 4.93. The zero-order valence-corrected chi connectivity index (χ0v) is 16.8. The average molecular weight is 371 g/mol. The highest BCUT2D eigenvalue weighted by molar-refractivity contribution is 5.81. The molecule has 0 aliphatic heterocycles. The third-order valence-electron chi connectivity index (χ3n) is 4.93. The number of hydrogen-bond donors (Lipinski definition) is 1. The van der Waals surface area contributed by atoms with Gasteiger partial charge in [-0.05, 0) is 74.7 Å². The predicted molar refractivity (Wildman–Crippen MR) is 116 cm³/mol. The van der Waals surface area contributed by atoms with E-state index in [1.54, 1.807) is 0 Å². The molecule has 0 atom stereocenters. The van der Waals surface area contributed by atoms with Crippen LogP contribution < -0.4 is 10.1 Å². The molecule has 4 heteroatoms. The first-order valence-corrected chi connectivity index (χ1v) is 9.62. The molecule has 28 heavy (non-hydrogen) atoms. The van der Waals surface area contributed by atoms with E-state index in [2.05, 4.69) is 79.2 Å². The highest BCUT2D eigenvalue weighted by Gasteiger charge is 2.16. The van der Waals surface area contributed by atoms with Gasteiger partial charge in [-0.15, -0.1) is 0 Å². The number of pyridine rings is 1. The molecule has 0 unspecified atom stereocenters. The van der Waals surface area contributed by atoms with Gasteiger partial charge in [0.1, 0.15) is 22.9 Å². The van der Waals surface area contributed by atoms with E-state index in [4.69, 9.17) is 9.72 Å². The standard InChI is InChI=1S/C24H25N3O/c1-5-28-20-12-10-19(11-13-20)23-24(26-22-17(3)7-6-8-18(22)4)27-15-16(2)9-14-21(27)25-23/h6-15,26H,5H2,1-4H3. The molecular weight excluding hydrogens is 346 g/mol. The lowest BCUT2D eigenvalue weighted by Gasteiger charge is -2.14. The molecule has 0 saturated carbocycles. The number of aromatic nitrogens is 2. The van der Waals surface area contributed by atoms with Crippen LogP contribution >= 0.6 is 0 Å². The first kappa shape index (κ1) is 18.1. The van der Waals surface area contributed by atoms with Crippen LogP contribution in [-0.2, 0) is 0 Å². The van der Waals surface area contributed by atoms with E-state index in [0.717, 1.165) is 34.2 Å². The molecule has 142 valence electrons. The Morgan fingerprint density at radius 1 is 0.929 bits per heavy atom. The van der Waals surface area contributed by atoms with Crippen LogP contribution in [0.3, 0.4) is 0 Å². The number of fused-ring (bicyclic) bond motifs is 1. The molecule has 0 fully saturated rings. The van der Waals surface area contributed by atoms with E-state index in [9.17, 15) is 0 Å². The first-order chi connectivity index (χ1) is 13.6. The quantitative estimate of drug-likeness (QED) is 0.463. The Labute approximate surface area is 165 Å². The fourth-order valence-corrected chi connectivity index (χ4v) is 3.48. The summed E-state index contributed by atoms with van der Waals surface area (Å²) < 4.78 is 7.72. The molecule has 2 heterocycles. The van der Waals surface area contributed by atoms with Gasteiger partial charge >= 0.3 is 0 Å². The Morgan fingerprint density at radius 3 is 2.32 bits per heavy atom. The zero-order valence-electron chi connectivity index (χ0n) is 16.8. The van der Waals surface area contributed by atoms with Gasteiger partial charge in [0, 0.05) is 17.4 Å². The number of nitrogens with zero attached hydrogens (tertiary/aromatic N) is 2. The monoisotopic (exact) mass is 371 g/mol. The molecule has 0 amide bonds. The minimum absolute atomic E-state index is 0.659. The maximum absolute atomic E-state index is 5.59. The smallest absolute Gasteiger partial charge is 0.143 e. The zero-order chi connectivity index (χ0) is 19.7. The molecule has 1 N–H and O–H groups in total. The normalized spacial score (nSPS) is 11.0. The maximum Gasteiger partial charge on any atom is 0.143 e. The van der Waals surface area contributed by atoms with Crippen LogP contribution in [0, 0.1) is 20.8 Å². The third kappa shape index (κ3) is 3.33. The number of nitrogens with one attached hydrogen (secondary N) is 1. The van der Waals surface area contributed by atoms with Crippen LogP contribution in [0.4, 0.5) is 11.5 Å². The van der Waals surface area contributed by atoms with E-state index in [1.807, 2.05) is 19.1 Å². The largest absolute Gasteiger partial charge is 0.494 e. The molecule has 0 aliphatic carbocycles. The summed E-state index contributed by atoms with van der Waals surface area (Å²) >= 11 is 0. The summed E-state index contributed by atoms with van der Waals surface area (Å²) in [5.74, 6) is 1.84. The van der Waals surface area contributed by atoms with Gasteiger partial charge in [0.2, 0.25) is 0 Å². The highest BCUT2D eigenvalue weighted by atomic mass is 16.5. The minimum atomic E-state index is 0.659. The molecule has 4 nitrogen and oxygen atoms in total. The number of benzene rings is 2. The Morgan fingerprint density at radius 2 is 1.64 bits per heavy atom. The molecule has 0 bridgehead atoms. The molecule has 0 aliphatic rings. The van der Waals surface area contributed by atoms with E-state index in [1.165, 1.54) is 16.7 Å². The fraction of sp³-hybridized carbons (Fsp3) is 0.208. The Hall–Kier alpha value is -3.27. The summed E-state index contributed by atoms with van der Waals surface area (Å²) in [6, 6.07) is 18.6. The molecule has 2 aromatic carbocycles. The van der Waals surface area contributed by atoms with Crippen molar-refractivity contribution in [2.24, 2.45) is 0 Å². The van der Waals surface area contributed by atoms with Crippen molar-refractivity contribution in [2.45, 2.75) is 27.7 Å². The summed E-state index contributed by atoms with van der Waals surface area (Å²) in [5.41, 5.74) is 7.63. The molecule has 0 spiro atoms.